The zero-order valence-electron chi connectivity index (χ0n) is 19.6. The molecule has 182 valence electrons. The molecule has 34 heavy (non-hydrogen) atoms. The Morgan fingerprint density at radius 1 is 1.18 bits per heavy atom. The molecule has 0 spiro atoms. The Balaban J connectivity index is 1.69. The molecule has 10 heteroatoms. The van der Waals surface area contributed by atoms with Gasteiger partial charge in [0.05, 0.1) is 15.1 Å². The number of nitrogens with zero attached hydrogens (tertiary/aromatic N) is 4. The Morgan fingerprint density at radius 3 is 2.59 bits per heavy atom. The number of fused-ring (bicyclic) bond motifs is 1. The molecule has 1 aliphatic rings. The van der Waals surface area contributed by atoms with E-state index in [0.29, 0.717) is 42.6 Å². The fourth-order valence-corrected chi connectivity index (χ4v) is 7.01. The van der Waals surface area contributed by atoms with Crippen LogP contribution in [0, 0.1) is 0 Å². The van der Waals surface area contributed by atoms with Gasteiger partial charge in [0.25, 0.3) is 0 Å². The summed E-state index contributed by atoms with van der Waals surface area (Å²) in [5, 5.41) is 1.07. The number of hydrogen-bond donors (Lipinski definition) is 0. The van der Waals surface area contributed by atoms with Crippen molar-refractivity contribution < 1.29 is 13.2 Å². The van der Waals surface area contributed by atoms with Crippen molar-refractivity contribution in [2.75, 3.05) is 38.6 Å². The van der Waals surface area contributed by atoms with Crippen molar-refractivity contribution in [1.29, 1.82) is 0 Å². The smallest absolute Gasteiger partial charge is 0.247 e. The Kier molecular flexibility index (Phi) is 7.59. The molecule has 1 atom stereocenters. The molecule has 4 rings (SSSR count). The Morgan fingerprint density at radius 2 is 1.91 bits per heavy atom. The van der Waals surface area contributed by atoms with Gasteiger partial charge in [-0.3, -0.25) is 9.69 Å². The number of sulfonamides is 1. The lowest BCUT2D eigenvalue weighted by atomic mass is 10.1. The number of anilines is 1. The normalized spacial score (nSPS) is 17.0. The van der Waals surface area contributed by atoms with Gasteiger partial charge in [0.2, 0.25) is 15.9 Å². The van der Waals surface area contributed by atoms with Gasteiger partial charge in [-0.2, -0.15) is 4.31 Å². The van der Waals surface area contributed by atoms with Crippen LogP contribution in [0.2, 0.25) is 5.02 Å². The van der Waals surface area contributed by atoms with E-state index in [1.165, 1.54) is 27.8 Å². The van der Waals surface area contributed by atoms with Gasteiger partial charge in [0, 0.05) is 24.7 Å². The Bertz CT molecular complexity index is 1280. The number of rotatable bonds is 8. The van der Waals surface area contributed by atoms with Crippen LogP contribution in [-0.2, 0) is 21.2 Å². The van der Waals surface area contributed by atoms with Gasteiger partial charge < -0.3 is 4.90 Å². The zero-order valence-corrected chi connectivity index (χ0v) is 22.0. The van der Waals surface area contributed by atoms with Crippen LogP contribution < -0.4 is 4.90 Å². The van der Waals surface area contributed by atoms with Crippen LogP contribution in [0.15, 0.2) is 47.4 Å². The fraction of sp³-hybridized carbons (Fsp3) is 0.417. The molecule has 1 aliphatic heterocycles. The van der Waals surface area contributed by atoms with Gasteiger partial charge in [0.1, 0.15) is 6.04 Å². The van der Waals surface area contributed by atoms with Crippen LogP contribution in [0.3, 0.4) is 0 Å². The molecule has 7 nitrogen and oxygen atoms in total. The second kappa shape index (κ2) is 10.3. The Labute approximate surface area is 210 Å². The summed E-state index contributed by atoms with van der Waals surface area (Å²) in [5.41, 5.74) is 2.04. The van der Waals surface area contributed by atoms with E-state index in [4.69, 9.17) is 16.6 Å². The largest absolute Gasteiger partial charge is 0.308 e. The van der Waals surface area contributed by atoms with Crippen molar-refractivity contribution in [3.63, 3.8) is 0 Å². The molecule has 2 aromatic carbocycles. The van der Waals surface area contributed by atoms with Crippen molar-refractivity contribution in [2.24, 2.45) is 0 Å². The molecule has 0 saturated carbocycles. The predicted molar refractivity (Wildman–Crippen MR) is 138 cm³/mol. The molecule has 1 saturated heterocycles. The number of aryl methyl sites for hydroxylation is 1. The van der Waals surface area contributed by atoms with Gasteiger partial charge in [-0.05, 0) is 69.3 Å². The molecule has 1 aromatic heterocycles. The summed E-state index contributed by atoms with van der Waals surface area (Å²) < 4.78 is 29.2. The number of aromatic nitrogens is 1. The second-order valence-electron chi connectivity index (χ2n) is 8.63. The van der Waals surface area contributed by atoms with Crippen molar-refractivity contribution >= 4 is 54.2 Å². The molecule has 0 radical (unpaired) electrons. The SMILES string of the molecule is CCc1cccc2sc(N(CCN(C)C)C(=O)C3CCCN3S(=O)(=O)c3ccc(Cl)cc3)nc12. The van der Waals surface area contributed by atoms with E-state index >= 15 is 0 Å². The van der Waals surface area contributed by atoms with Crippen LogP contribution in [0.4, 0.5) is 5.13 Å². The van der Waals surface area contributed by atoms with E-state index in [1.54, 1.807) is 17.0 Å². The number of thiazole rings is 1. The highest BCUT2D eigenvalue weighted by Gasteiger charge is 2.42. The van der Waals surface area contributed by atoms with Crippen molar-refractivity contribution in [2.45, 2.75) is 37.1 Å². The number of para-hydroxylation sites is 1. The summed E-state index contributed by atoms with van der Waals surface area (Å²) in [7, 11) is 0.0628. The minimum absolute atomic E-state index is 0.143. The summed E-state index contributed by atoms with van der Waals surface area (Å²) in [4.78, 5) is 22.5. The summed E-state index contributed by atoms with van der Waals surface area (Å²) >= 11 is 7.42. The summed E-state index contributed by atoms with van der Waals surface area (Å²) in [6.45, 7) is 3.46. The minimum Gasteiger partial charge on any atom is -0.308 e. The average molecular weight is 521 g/mol. The number of amides is 1. The maximum atomic E-state index is 13.9. The summed E-state index contributed by atoms with van der Waals surface area (Å²) in [6.07, 6.45) is 1.96. The monoisotopic (exact) mass is 520 g/mol. The first kappa shape index (κ1) is 25.1. The van der Waals surface area contributed by atoms with E-state index in [0.717, 1.165) is 22.2 Å². The molecule has 3 aromatic rings. The number of halogens is 1. The summed E-state index contributed by atoms with van der Waals surface area (Å²) in [5.74, 6) is -0.228. The molecular formula is C24H29ClN4O3S2. The van der Waals surface area contributed by atoms with Gasteiger partial charge in [-0.25, -0.2) is 13.4 Å². The van der Waals surface area contributed by atoms with Crippen molar-refractivity contribution in [3.8, 4) is 0 Å². The van der Waals surface area contributed by atoms with Crippen LogP contribution in [-0.4, -0.2) is 68.3 Å². The van der Waals surface area contributed by atoms with Gasteiger partial charge in [-0.15, -0.1) is 0 Å². The number of carbonyl (C=O) groups is 1. The van der Waals surface area contributed by atoms with E-state index in [9.17, 15) is 13.2 Å². The van der Waals surface area contributed by atoms with Gasteiger partial charge >= 0.3 is 0 Å². The lowest BCUT2D eigenvalue weighted by molar-refractivity contribution is -0.121. The van der Waals surface area contributed by atoms with Crippen LogP contribution in [0.25, 0.3) is 10.2 Å². The van der Waals surface area contributed by atoms with E-state index in [-0.39, 0.29) is 10.8 Å². The quantitative estimate of drug-likeness (QED) is 0.443. The molecule has 1 fully saturated rings. The molecule has 2 heterocycles. The average Bonchev–Trinajstić information content (AvgIpc) is 3.47. The van der Waals surface area contributed by atoms with Crippen LogP contribution >= 0.6 is 22.9 Å². The zero-order chi connectivity index (χ0) is 24.5. The van der Waals surface area contributed by atoms with Crippen molar-refractivity contribution in [1.82, 2.24) is 14.2 Å². The topological polar surface area (TPSA) is 73.8 Å². The second-order valence-corrected chi connectivity index (χ2v) is 12.0. The van der Waals surface area contributed by atoms with Crippen LogP contribution in [0.5, 0.6) is 0 Å². The lowest BCUT2D eigenvalue weighted by Gasteiger charge is -2.29. The third-order valence-corrected chi connectivity index (χ3v) is 9.27. The molecule has 1 unspecified atom stereocenters. The lowest BCUT2D eigenvalue weighted by Crippen LogP contribution is -2.49. The fourth-order valence-electron chi connectivity index (χ4n) is 4.19. The number of hydrogen-bond acceptors (Lipinski definition) is 6. The third kappa shape index (κ3) is 4.99. The van der Waals surface area contributed by atoms with Gasteiger partial charge in [-0.1, -0.05) is 42.0 Å². The first-order valence-corrected chi connectivity index (χ1v) is 14.0. The number of likely N-dealkylation sites (N-methyl/N-ethyl adjacent to an activating group) is 1. The molecule has 1 amide bonds. The van der Waals surface area contributed by atoms with Crippen molar-refractivity contribution in [3.05, 3.63) is 53.1 Å². The van der Waals surface area contributed by atoms with Gasteiger partial charge in [0.15, 0.2) is 5.13 Å². The molecule has 0 aliphatic carbocycles. The highest BCUT2D eigenvalue weighted by molar-refractivity contribution is 7.89. The first-order valence-electron chi connectivity index (χ1n) is 11.3. The maximum Gasteiger partial charge on any atom is 0.247 e. The summed E-state index contributed by atoms with van der Waals surface area (Å²) in [6, 6.07) is 11.4. The third-order valence-electron chi connectivity index (χ3n) is 6.05. The Hall–Kier alpha value is -2.04. The standard InChI is InChI=1S/C24H29ClN4O3S2/c1-4-17-7-5-9-21-22(17)26-24(33-21)28(16-15-27(2)3)23(30)20-8-6-14-29(20)34(31,32)19-12-10-18(25)11-13-19/h5,7,9-13,20H,4,6,8,14-16H2,1-3H3. The predicted octanol–water partition coefficient (Wildman–Crippen LogP) is 4.26. The van der Waals surface area contributed by atoms with E-state index < -0.39 is 16.1 Å². The van der Waals surface area contributed by atoms with E-state index in [2.05, 4.69) is 13.0 Å². The maximum absolute atomic E-state index is 13.9. The molecule has 0 bridgehead atoms. The number of carbonyl (C=O) groups excluding carboxylic acids is 1. The highest BCUT2D eigenvalue weighted by Crippen LogP contribution is 2.34. The van der Waals surface area contributed by atoms with Crippen LogP contribution in [0.1, 0.15) is 25.3 Å². The highest BCUT2D eigenvalue weighted by atomic mass is 35.5. The number of benzene rings is 2. The first-order chi connectivity index (χ1) is 16.2. The van der Waals surface area contributed by atoms with E-state index in [1.807, 2.05) is 31.1 Å². The molecular weight excluding hydrogens is 492 g/mol. The minimum atomic E-state index is -3.83. The molecule has 0 N–H and O–H groups in total.